The molecular weight excluding hydrogens is 524 g/mol. The van der Waals surface area contributed by atoms with Gasteiger partial charge >= 0.3 is 6.36 Å². The van der Waals surface area contributed by atoms with Crippen LogP contribution in [0.3, 0.4) is 0 Å². The van der Waals surface area contributed by atoms with Crippen LogP contribution in [-0.2, 0) is 0 Å². The van der Waals surface area contributed by atoms with Crippen LogP contribution < -0.4 is 25.3 Å². The Morgan fingerprint density at radius 2 is 1.72 bits per heavy atom. The second-order valence-corrected chi connectivity index (χ2v) is 9.17. The number of carbonyl (C=O) groups excluding carboxylic acids is 2. The van der Waals surface area contributed by atoms with E-state index < -0.39 is 35.5 Å². The molecule has 0 unspecified atom stereocenters. The zero-order valence-corrected chi connectivity index (χ0v) is 20.5. The Morgan fingerprint density at radius 1 is 1.03 bits per heavy atom. The number of alkyl halides is 3. The molecule has 0 atom stereocenters. The predicted octanol–water partition coefficient (Wildman–Crippen LogP) is 5.42. The lowest BCUT2D eigenvalue weighted by molar-refractivity contribution is -0.275. The SMILES string of the molecule is COc1c(Oc2cc(C3CC3)c(C3CC3)nc2C(=O)Nc2ccc(C(N)=O)nc2)ccc(OC(F)(F)F)c1F. The molecule has 0 bridgehead atoms. The third-order valence-corrected chi connectivity index (χ3v) is 6.19. The van der Waals surface area contributed by atoms with Crippen LogP contribution in [0, 0.1) is 5.82 Å². The van der Waals surface area contributed by atoms with E-state index in [9.17, 15) is 27.2 Å². The van der Waals surface area contributed by atoms with Crippen LogP contribution in [0.5, 0.6) is 23.0 Å². The Morgan fingerprint density at radius 3 is 2.28 bits per heavy atom. The van der Waals surface area contributed by atoms with Crippen molar-refractivity contribution in [3.63, 3.8) is 0 Å². The minimum Gasteiger partial charge on any atom is -0.490 e. The average Bonchev–Trinajstić information content (AvgIpc) is 3.79. The lowest BCUT2D eigenvalue weighted by Crippen LogP contribution is -2.18. The van der Waals surface area contributed by atoms with Gasteiger partial charge in [0.2, 0.25) is 11.6 Å². The van der Waals surface area contributed by atoms with E-state index in [-0.39, 0.29) is 40.4 Å². The molecule has 3 aromatic rings. The Labute approximate surface area is 219 Å². The summed E-state index contributed by atoms with van der Waals surface area (Å²) in [5.74, 6) is -4.48. The molecule has 9 nitrogen and oxygen atoms in total. The summed E-state index contributed by atoms with van der Waals surface area (Å²) in [6.07, 6.45) is -0.155. The molecule has 2 fully saturated rings. The van der Waals surface area contributed by atoms with Crippen LogP contribution in [0.1, 0.15) is 69.8 Å². The van der Waals surface area contributed by atoms with E-state index >= 15 is 0 Å². The summed E-state index contributed by atoms with van der Waals surface area (Å²) in [5, 5.41) is 2.63. The summed E-state index contributed by atoms with van der Waals surface area (Å²) >= 11 is 0. The van der Waals surface area contributed by atoms with E-state index in [2.05, 4.69) is 20.0 Å². The summed E-state index contributed by atoms with van der Waals surface area (Å²) in [6.45, 7) is 0. The fourth-order valence-corrected chi connectivity index (χ4v) is 4.09. The average molecular weight is 546 g/mol. The lowest BCUT2D eigenvalue weighted by Gasteiger charge is -2.18. The lowest BCUT2D eigenvalue weighted by atomic mass is 10.0. The number of nitrogens with one attached hydrogen (secondary N) is 1. The number of anilines is 1. The Bertz CT molecular complexity index is 1440. The van der Waals surface area contributed by atoms with E-state index in [0.717, 1.165) is 56.2 Å². The number of hydrogen-bond acceptors (Lipinski definition) is 7. The highest BCUT2D eigenvalue weighted by molar-refractivity contribution is 6.05. The molecule has 2 saturated carbocycles. The number of benzene rings is 1. The van der Waals surface area contributed by atoms with Crippen molar-refractivity contribution >= 4 is 17.5 Å². The number of pyridine rings is 2. The highest BCUT2D eigenvalue weighted by atomic mass is 19.4. The van der Waals surface area contributed by atoms with Crippen LogP contribution in [0.15, 0.2) is 36.5 Å². The van der Waals surface area contributed by atoms with Gasteiger partial charge in [0.25, 0.3) is 11.8 Å². The molecule has 0 saturated heterocycles. The Kier molecular flexibility index (Phi) is 6.74. The van der Waals surface area contributed by atoms with Crippen molar-refractivity contribution in [1.29, 1.82) is 0 Å². The molecule has 39 heavy (non-hydrogen) atoms. The number of aromatic nitrogens is 2. The Hall–Kier alpha value is -4.42. The number of methoxy groups -OCH3 is 1. The van der Waals surface area contributed by atoms with Gasteiger partial charge in [0.1, 0.15) is 5.69 Å². The number of rotatable bonds is 9. The van der Waals surface area contributed by atoms with Gasteiger partial charge in [-0.1, -0.05) is 0 Å². The molecule has 2 aliphatic rings. The number of amides is 2. The van der Waals surface area contributed by atoms with Crippen molar-refractivity contribution in [2.24, 2.45) is 5.73 Å². The van der Waals surface area contributed by atoms with Crippen LogP contribution in [-0.4, -0.2) is 35.3 Å². The monoisotopic (exact) mass is 546 g/mol. The summed E-state index contributed by atoms with van der Waals surface area (Å²) in [6, 6.07) is 6.23. The molecule has 0 aliphatic heterocycles. The number of carbonyl (C=O) groups is 2. The van der Waals surface area contributed by atoms with Crippen molar-refractivity contribution in [2.75, 3.05) is 12.4 Å². The standard InChI is InChI=1S/C26H22F4N4O5/c1-37-23-18(9-8-17(20(23)27)39-26(28,29)30)38-19-10-15(12-2-3-12)21(13-4-5-13)34-22(19)25(36)33-14-6-7-16(24(31)35)32-11-14/h6-13H,2-5H2,1H3,(H2,31,35)(H,33,36). The van der Waals surface area contributed by atoms with Gasteiger partial charge in [-0.05, 0) is 67.5 Å². The van der Waals surface area contributed by atoms with Crippen molar-refractivity contribution in [3.05, 3.63) is 65.0 Å². The number of ether oxygens (including phenoxy) is 3. The number of nitrogens with two attached hydrogens (primary N) is 1. The molecule has 5 rings (SSSR count). The van der Waals surface area contributed by atoms with Gasteiger partial charge in [0, 0.05) is 11.6 Å². The minimum atomic E-state index is -5.12. The number of halogens is 4. The van der Waals surface area contributed by atoms with Gasteiger partial charge in [0.05, 0.1) is 19.0 Å². The number of hydrogen-bond donors (Lipinski definition) is 2. The quantitative estimate of drug-likeness (QED) is 0.343. The largest absolute Gasteiger partial charge is 0.573 e. The van der Waals surface area contributed by atoms with Gasteiger partial charge in [-0.2, -0.15) is 4.39 Å². The van der Waals surface area contributed by atoms with Gasteiger partial charge in [-0.15, -0.1) is 13.2 Å². The molecule has 0 spiro atoms. The predicted molar refractivity (Wildman–Crippen MR) is 129 cm³/mol. The highest BCUT2D eigenvalue weighted by Gasteiger charge is 2.37. The molecule has 13 heteroatoms. The minimum absolute atomic E-state index is 0.00650. The fraction of sp³-hybridized carbons (Fsp3) is 0.308. The van der Waals surface area contributed by atoms with Gasteiger partial charge < -0.3 is 25.3 Å². The molecule has 3 N–H and O–H groups in total. The van der Waals surface area contributed by atoms with Crippen LogP contribution >= 0.6 is 0 Å². The Balaban J connectivity index is 1.52. The summed E-state index contributed by atoms with van der Waals surface area (Å²) < 4.78 is 67.4. The van der Waals surface area contributed by atoms with E-state index in [1.807, 2.05) is 0 Å². The third kappa shape index (κ3) is 5.86. The molecule has 2 amide bonds. The molecule has 2 aromatic heterocycles. The highest BCUT2D eigenvalue weighted by Crippen LogP contribution is 2.50. The van der Waals surface area contributed by atoms with Crippen molar-refractivity contribution in [3.8, 4) is 23.0 Å². The first kappa shape index (κ1) is 26.2. The van der Waals surface area contributed by atoms with Gasteiger partial charge in [-0.3, -0.25) is 9.59 Å². The van der Waals surface area contributed by atoms with E-state index in [1.165, 1.54) is 18.3 Å². The smallest absolute Gasteiger partial charge is 0.490 e. The molecule has 204 valence electrons. The summed E-state index contributed by atoms with van der Waals surface area (Å²) in [5.41, 5.74) is 7.02. The summed E-state index contributed by atoms with van der Waals surface area (Å²) in [4.78, 5) is 33.2. The maximum atomic E-state index is 14.8. The molecule has 0 radical (unpaired) electrons. The van der Waals surface area contributed by atoms with Gasteiger partial charge in [-0.25, -0.2) is 9.97 Å². The van der Waals surface area contributed by atoms with Crippen molar-refractivity contribution in [1.82, 2.24) is 9.97 Å². The van der Waals surface area contributed by atoms with E-state index in [0.29, 0.717) is 0 Å². The summed E-state index contributed by atoms with van der Waals surface area (Å²) in [7, 11) is 1.06. The zero-order valence-electron chi connectivity index (χ0n) is 20.5. The fourth-order valence-electron chi connectivity index (χ4n) is 4.09. The maximum absolute atomic E-state index is 14.8. The molecule has 2 aliphatic carbocycles. The molecular formula is C26H22F4N4O5. The first-order valence-corrected chi connectivity index (χ1v) is 12.0. The van der Waals surface area contributed by atoms with E-state index in [4.69, 9.17) is 15.2 Å². The van der Waals surface area contributed by atoms with Crippen LogP contribution in [0.25, 0.3) is 0 Å². The zero-order chi connectivity index (χ0) is 27.9. The topological polar surface area (TPSA) is 126 Å². The first-order valence-electron chi connectivity index (χ1n) is 12.0. The first-order chi connectivity index (χ1) is 18.5. The number of nitrogens with zero attached hydrogens (tertiary/aromatic N) is 2. The normalized spacial score (nSPS) is 15.0. The van der Waals surface area contributed by atoms with E-state index in [1.54, 1.807) is 6.07 Å². The number of primary amides is 1. The van der Waals surface area contributed by atoms with Crippen molar-refractivity contribution in [2.45, 2.75) is 43.9 Å². The van der Waals surface area contributed by atoms with Crippen LogP contribution in [0.4, 0.5) is 23.2 Å². The second-order valence-electron chi connectivity index (χ2n) is 9.17. The van der Waals surface area contributed by atoms with Crippen LogP contribution in [0.2, 0.25) is 0 Å². The van der Waals surface area contributed by atoms with Gasteiger partial charge in [0.15, 0.2) is 22.9 Å². The maximum Gasteiger partial charge on any atom is 0.573 e. The molecule has 2 heterocycles. The molecule has 1 aromatic carbocycles. The van der Waals surface area contributed by atoms with Crippen molar-refractivity contribution < 1.29 is 41.4 Å². The second kappa shape index (κ2) is 10.0. The third-order valence-electron chi connectivity index (χ3n) is 6.19.